The lowest BCUT2D eigenvalue weighted by Gasteiger charge is -1.97. The smallest absolute Gasteiger partial charge is 0.248 e. The number of hydrogen-bond acceptors (Lipinski definition) is 3. The van der Waals surface area contributed by atoms with Gasteiger partial charge in [-0.3, -0.25) is 4.79 Å². The van der Waals surface area contributed by atoms with E-state index in [-0.39, 0.29) is 6.79 Å². The summed E-state index contributed by atoms with van der Waals surface area (Å²) >= 11 is 0.750. The van der Waals surface area contributed by atoms with Crippen molar-refractivity contribution >= 4 is 21.1 Å². The minimum Gasteiger partial charge on any atom is -0.454 e. The number of hydrogen-bond donors (Lipinski definition) is 1. The van der Waals surface area contributed by atoms with Crippen molar-refractivity contribution in [1.82, 2.24) is 0 Å². The number of rotatable bonds is 1. The van der Waals surface area contributed by atoms with Crippen LogP contribution in [0.5, 0.6) is 11.5 Å². The van der Waals surface area contributed by atoms with Gasteiger partial charge in [-0.15, -0.1) is 11.6 Å². The van der Waals surface area contributed by atoms with E-state index in [9.17, 15) is 4.79 Å². The average Bonchev–Trinajstić information content (AvgIpc) is 2.65. The predicted molar refractivity (Wildman–Crippen MR) is 58.6 cm³/mol. The van der Waals surface area contributed by atoms with Crippen LogP contribution < -0.4 is 15.2 Å². The van der Waals surface area contributed by atoms with Crippen LogP contribution in [0.25, 0.3) is 0 Å². The Morgan fingerprint density at radius 2 is 1.93 bits per heavy atom. The summed E-state index contributed by atoms with van der Waals surface area (Å²) in [6.45, 7) is 0.206. The van der Waals surface area contributed by atoms with Crippen molar-refractivity contribution in [3.63, 3.8) is 0 Å². The monoisotopic (exact) mass is 222 g/mol. The number of fused-ring (bicyclic) bond motifs is 1. The van der Waals surface area contributed by atoms with Gasteiger partial charge < -0.3 is 15.2 Å². The van der Waals surface area contributed by atoms with Crippen LogP contribution in [0.15, 0.2) is 18.2 Å². The summed E-state index contributed by atoms with van der Waals surface area (Å²) in [5.74, 6) is 5.18. The Morgan fingerprint density at radius 1 is 1.33 bits per heavy atom. The van der Waals surface area contributed by atoms with Crippen LogP contribution in [-0.4, -0.2) is 27.9 Å². The highest BCUT2D eigenvalue weighted by Gasteiger charge is 2.14. The summed E-state index contributed by atoms with van der Waals surface area (Å²) in [4.78, 5) is 10.7. The molecule has 1 aromatic carbocycles. The van der Waals surface area contributed by atoms with Crippen molar-refractivity contribution in [3.8, 4) is 11.5 Å². The van der Waals surface area contributed by atoms with Gasteiger partial charge in [0.05, 0.1) is 0 Å². The summed E-state index contributed by atoms with van der Waals surface area (Å²) in [7, 11) is 0. The van der Waals surface area contributed by atoms with Crippen LogP contribution in [0.4, 0.5) is 0 Å². The third-order valence-corrected chi connectivity index (χ3v) is 1.66. The van der Waals surface area contributed by atoms with Gasteiger partial charge in [0, 0.05) is 5.56 Å². The second-order valence-corrected chi connectivity index (χ2v) is 4.16. The molecule has 15 heavy (non-hydrogen) atoms. The zero-order valence-electron chi connectivity index (χ0n) is 8.82. The van der Waals surface area contributed by atoms with E-state index in [2.05, 4.69) is 11.6 Å². The van der Waals surface area contributed by atoms with E-state index in [1.807, 2.05) is 0 Å². The molecule has 1 amide bonds. The number of benzene rings is 1. The number of primary amides is 1. The molecular weight excluding hydrogens is 209 g/mol. The largest absolute Gasteiger partial charge is 0.454 e. The predicted octanol–water partition coefficient (Wildman–Crippen LogP) is 1.30. The Balaban J connectivity index is 0.000000337. The van der Waals surface area contributed by atoms with Crippen LogP contribution >= 0.6 is 0 Å². The van der Waals surface area contributed by atoms with Crippen molar-refractivity contribution in [1.29, 1.82) is 0 Å². The Kier molecular flexibility index (Phi) is 4.47. The van der Waals surface area contributed by atoms with Crippen LogP contribution in [0.3, 0.4) is 0 Å². The second-order valence-electron chi connectivity index (χ2n) is 3.01. The molecule has 5 heteroatoms. The molecule has 0 atom stereocenters. The lowest BCUT2D eigenvalue weighted by Crippen LogP contribution is -2.10. The van der Waals surface area contributed by atoms with Crippen LogP contribution in [0, 0.1) is 0 Å². The maximum Gasteiger partial charge on any atom is 0.248 e. The van der Waals surface area contributed by atoms with Gasteiger partial charge in [-0.1, -0.05) is 0 Å². The highest BCUT2D eigenvalue weighted by atomic mass is 27.1. The molecule has 4 nitrogen and oxygen atoms in total. The first-order valence-electron chi connectivity index (χ1n) is 4.62. The molecule has 0 fully saturated rings. The van der Waals surface area contributed by atoms with E-state index in [0.717, 1.165) is 15.2 Å². The topological polar surface area (TPSA) is 61.6 Å². The van der Waals surface area contributed by atoms with Crippen molar-refractivity contribution < 1.29 is 14.3 Å². The SMILES string of the molecule is NC(=O)c1ccc2c(c1)OCO2.[CH3][Al][CH3]. The molecule has 2 N–H and O–H groups in total. The molecule has 0 unspecified atom stereocenters. The molecule has 2 rings (SSSR count). The van der Waals surface area contributed by atoms with Crippen LogP contribution in [0.2, 0.25) is 11.6 Å². The third kappa shape index (κ3) is 3.15. The summed E-state index contributed by atoms with van der Waals surface area (Å²) < 4.78 is 10.1. The maximum atomic E-state index is 10.7. The number of nitrogens with two attached hydrogens (primary N) is 1. The zero-order valence-corrected chi connectivity index (χ0v) is 9.97. The van der Waals surface area contributed by atoms with Crippen LogP contribution in [-0.2, 0) is 0 Å². The van der Waals surface area contributed by atoms with Crippen molar-refractivity contribution in [2.45, 2.75) is 11.6 Å². The second kappa shape index (κ2) is 5.64. The molecule has 1 aliphatic rings. The number of carbonyl (C=O) groups excluding carboxylic acids is 1. The Bertz CT molecular complexity index is 355. The van der Waals surface area contributed by atoms with Gasteiger partial charge in [0.1, 0.15) is 0 Å². The fourth-order valence-electron chi connectivity index (χ4n) is 1.05. The standard InChI is InChI=1S/C8H7NO3.2CH3.Al/c9-8(10)5-1-2-6-7(3-5)12-4-11-6;;;/h1-3H,4H2,(H2,9,10);2*1H3;. The van der Waals surface area contributed by atoms with Crippen LogP contribution in [0.1, 0.15) is 10.4 Å². The molecule has 1 heterocycles. The fraction of sp³-hybridized carbons (Fsp3) is 0.300. The highest BCUT2D eigenvalue weighted by Crippen LogP contribution is 2.32. The molecule has 1 aromatic rings. The van der Waals surface area contributed by atoms with E-state index in [4.69, 9.17) is 15.2 Å². The van der Waals surface area contributed by atoms with Crippen molar-refractivity contribution in [2.75, 3.05) is 6.79 Å². The minimum atomic E-state index is -0.465. The van der Waals surface area contributed by atoms with E-state index in [0.29, 0.717) is 17.1 Å². The lowest BCUT2D eigenvalue weighted by molar-refractivity contribution is 0.1000. The van der Waals surface area contributed by atoms with Gasteiger partial charge in [-0.2, -0.15) is 0 Å². The fourth-order valence-corrected chi connectivity index (χ4v) is 1.05. The number of amides is 1. The molecule has 0 saturated carbocycles. The maximum absolute atomic E-state index is 10.7. The van der Waals surface area contributed by atoms with E-state index in [1.54, 1.807) is 18.2 Å². The molecule has 1 aliphatic heterocycles. The highest BCUT2D eigenvalue weighted by molar-refractivity contribution is 6.31. The summed E-state index contributed by atoms with van der Waals surface area (Å²) in [5.41, 5.74) is 5.50. The first-order valence-corrected chi connectivity index (χ1v) is 6.93. The van der Waals surface area contributed by atoms with Crippen molar-refractivity contribution in [3.05, 3.63) is 23.8 Å². The summed E-state index contributed by atoms with van der Waals surface area (Å²) in [5, 5.41) is 0. The van der Waals surface area contributed by atoms with E-state index < -0.39 is 5.91 Å². The normalized spacial score (nSPS) is 11.3. The van der Waals surface area contributed by atoms with Gasteiger partial charge in [0.15, 0.2) is 26.7 Å². The number of carbonyl (C=O) groups is 1. The van der Waals surface area contributed by atoms with Gasteiger partial charge in [0.25, 0.3) is 0 Å². The first-order chi connectivity index (χ1) is 7.19. The lowest BCUT2D eigenvalue weighted by atomic mass is 10.2. The summed E-state index contributed by atoms with van der Waals surface area (Å²) in [6, 6.07) is 4.85. The molecule has 0 saturated heterocycles. The van der Waals surface area contributed by atoms with Crippen molar-refractivity contribution in [2.24, 2.45) is 5.73 Å². The zero-order chi connectivity index (χ0) is 11.3. The molecule has 0 aliphatic carbocycles. The quantitative estimate of drug-likeness (QED) is 0.728. The van der Waals surface area contributed by atoms with E-state index in [1.165, 1.54) is 0 Å². The third-order valence-electron chi connectivity index (χ3n) is 1.66. The van der Waals surface area contributed by atoms with Gasteiger partial charge in [-0.05, 0) is 18.2 Å². The minimum absolute atomic E-state index is 0.206. The Labute approximate surface area is 95.1 Å². The average molecular weight is 222 g/mol. The molecular formula is C10H13AlNO3. The summed E-state index contributed by atoms with van der Waals surface area (Å²) in [6.07, 6.45) is 0. The van der Waals surface area contributed by atoms with Gasteiger partial charge in [-0.25, -0.2) is 0 Å². The Hall–Kier alpha value is -1.18. The Morgan fingerprint density at radius 3 is 2.53 bits per heavy atom. The van der Waals surface area contributed by atoms with Gasteiger partial charge in [0.2, 0.25) is 12.7 Å². The molecule has 0 bridgehead atoms. The van der Waals surface area contributed by atoms with Gasteiger partial charge >= 0.3 is 0 Å². The van der Waals surface area contributed by atoms with E-state index >= 15 is 0 Å². The molecule has 0 aromatic heterocycles. The molecule has 0 spiro atoms. The molecule has 79 valence electrons. The molecule has 1 radical (unpaired) electrons. The number of ether oxygens (including phenoxy) is 2. The first kappa shape index (κ1) is 11.9.